The van der Waals surface area contributed by atoms with Crippen LogP contribution in [0.15, 0.2) is 243 Å². The van der Waals surface area contributed by atoms with E-state index in [9.17, 15) is 0 Å². The third-order valence-electron chi connectivity index (χ3n) is 11.8. The van der Waals surface area contributed by atoms with Gasteiger partial charge in [0, 0.05) is 33.2 Å². The van der Waals surface area contributed by atoms with E-state index in [1.54, 1.807) is 0 Å². The van der Waals surface area contributed by atoms with Crippen molar-refractivity contribution in [1.29, 1.82) is 0 Å². The van der Waals surface area contributed by atoms with Crippen molar-refractivity contribution >= 4 is 77.2 Å². The lowest BCUT2D eigenvalue weighted by Gasteiger charge is -2.30. The number of rotatable bonds is 8. The second-order valence-electron chi connectivity index (χ2n) is 15.3. The maximum Gasteiger partial charge on any atom is 0.0546 e. The van der Waals surface area contributed by atoms with Crippen molar-refractivity contribution in [2.45, 2.75) is 0 Å². The van der Waals surface area contributed by atoms with Crippen LogP contribution >= 0.6 is 0 Å². The van der Waals surface area contributed by atoms with Crippen LogP contribution in [0.2, 0.25) is 0 Å². The van der Waals surface area contributed by atoms with Gasteiger partial charge in [0.2, 0.25) is 0 Å². The smallest absolute Gasteiger partial charge is 0.0546 e. The van der Waals surface area contributed by atoms with Crippen LogP contribution in [0.25, 0.3) is 65.3 Å². The monoisotopic (exact) mass is 764 g/mol. The Hall–Kier alpha value is -7.94. The van der Waals surface area contributed by atoms with Gasteiger partial charge in [0.15, 0.2) is 0 Å². The molecule has 2 nitrogen and oxygen atoms in total. The summed E-state index contributed by atoms with van der Waals surface area (Å²) in [6.07, 6.45) is 0. The van der Waals surface area contributed by atoms with Gasteiger partial charge in [-0.25, -0.2) is 0 Å². The van der Waals surface area contributed by atoms with Gasteiger partial charge in [0.25, 0.3) is 0 Å². The van der Waals surface area contributed by atoms with Gasteiger partial charge in [-0.1, -0.05) is 188 Å². The topological polar surface area (TPSA) is 6.48 Å². The molecule has 0 saturated carbocycles. The molecule has 0 aliphatic heterocycles. The molecule has 0 aliphatic rings. The van der Waals surface area contributed by atoms with Gasteiger partial charge in [-0.3, -0.25) is 0 Å². The van der Waals surface area contributed by atoms with E-state index in [2.05, 4.69) is 252 Å². The summed E-state index contributed by atoms with van der Waals surface area (Å²) in [4.78, 5) is 4.88. The first kappa shape index (κ1) is 35.2. The third-order valence-corrected chi connectivity index (χ3v) is 11.8. The summed E-state index contributed by atoms with van der Waals surface area (Å²) in [6.45, 7) is 0. The van der Waals surface area contributed by atoms with Crippen LogP contribution in [0.4, 0.5) is 34.1 Å². The highest BCUT2D eigenvalue weighted by molar-refractivity contribution is 6.25. The Kier molecular flexibility index (Phi) is 8.87. The second-order valence-corrected chi connectivity index (χ2v) is 15.3. The van der Waals surface area contributed by atoms with E-state index in [1.807, 2.05) is 0 Å². The molecule has 0 fully saturated rings. The van der Waals surface area contributed by atoms with E-state index < -0.39 is 0 Å². The number of fused-ring (bicyclic) bond motifs is 6. The molecule has 0 spiro atoms. The molecule has 0 radical (unpaired) electrons. The first-order valence-electron chi connectivity index (χ1n) is 20.6. The first-order chi connectivity index (χ1) is 29.8. The minimum absolute atomic E-state index is 1.10. The number of para-hydroxylation sites is 1. The van der Waals surface area contributed by atoms with E-state index in [4.69, 9.17) is 0 Å². The minimum Gasteiger partial charge on any atom is -0.310 e. The summed E-state index contributed by atoms with van der Waals surface area (Å²) in [5.41, 5.74) is 11.5. The Morgan fingerprint density at radius 3 is 1.10 bits per heavy atom. The van der Waals surface area contributed by atoms with Crippen LogP contribution in [-0.4, -0.2) is 0 Å². The lowest BCUT2D eigenvalue weighted by molar-refractivity contribution is 1.30. The molecule has 2 heteroatoms. The van der Waals surface area contributed by atoms with Crippen LogP contribution in [0, 0.1) is 0 Å². The lowest BCUT2D eigenvalue weighted by atomic mass is 9.93. The zero-order chi connectivity index (χ0) is 39.8. The van der Waals surface area contributed by atoms with Crippen molar-refractivity contribution in [2.75, 3.05) is 9.80 Å². The van der Waals surface area contributed by atoms with Crippen molar-refractivity contribution in [1.82, 2.24) is 0 Å². The Balaban J connectivity index is 1.16. The molecular weight excluding hydrogens is 725 g/mol. The van der Waals surface area contributed by atoms with Gasteiger partial charge in [-0.2, -0.15) is 0 Å². The van der Waals surface area contributed by atoms with Crippen molar-refractivity contribution in [3.05, 3.63) is 243 Å². The van der Waals surface area contributed by atoms with Crippen molar-refractivity contribution in [3.63, 3.8) is 0 Å². The Morgan fingerprint density at radius 2 is 0.567 bits per heavy atom. The number of hydrogen-bond acceptors (Lipinski definition) is 2. The van der Waals surface area contributed by atoms with Gasteiger partial charge >= 0.3 is 0 Å². The standard InChI is InChI=1S/C58H40N2/c1-4-17-41(18-5-1)43-31-35-47(36-32-43)59(46-23-8-3-9-24-46)57-39-54-51-27-13-15-29-53(51)58(40-55(54)50-26-12-14-28-52(50)57)60(56-30-16-22-45-21-10-11-25-49(45)56)48-37-33-44(34-38-48)42-19-6-2-7-20-42/h1-40H. The Labute approximate surface area is 350 Å². The molecular formula is C58H40N2. The maximum atomic E-state index is 2.46. The molecule has 0 bridgehead atoms. The largest absolute Gasteiger partial charge is 0.310 e. The first-order valence-corrected chi connectivity index (χ1v) is 20.6. The molecule has 11 aromatic rings. The Bertz CT molecular complexity index is 3280. The maximum absolute atomic E-state index is 2.46. The highest BCUT2D eigenvalue weighted by Gasteiger charge is 2.23. The lowest BCUT2D eigenvalue weighted by Crippen LogP contribution is -2.12. The summed E-state index contributed by atoms with van der Waals surface area (Å²) in [5.74, 6) is 0. The molecule has 0 aromatic heterocycles. The number of benzene rings is 11. The molecule has 0 unspecified atom stereocenters. The van der Waals surface area contributed by atoms with Crippen molar-refractivity contribution in [3.8, 4) is 22.3 Å². The fourth-order valence-corrected chi connectivity index (χ4v) is 8.97. The average molecular weight is 765 g/mol. The summed E-state index contributed by atoms with van der Waals surface area (Å²) in [5, 5.41) is 9.61. The van der Waals surface area contributed by atoms with E-state index in [1.165, 1.54) is 65.3 Å². The molecule has 0 aliphatic carbocycles. The number of hydrogen-bond donors (Lipinski definition) is 0. The van der Waals surface area contributed by atoms with E-state index >= 15 is 0 Å². The zero-order valence-corrected chi connectivity index (χ0v) is 33.0. The molecule has 282 valence electrons. The normalized spacial score (nSPS) is 11.3. The number of anilines is 6. The molecule has 0 N–H and O–H groups in total. The van der Waals surface area contributed by atoms with Gasteiger partial charge in [-0.05, 0) is 104 Å². The quantitative estimate of drug-likeness (QED) is 0.142. The molecule has 11 aromatic carbocycles. The zero-order valence-electron chi connectivity index (χ0n) is 33.0. The molecule has 0 heterocycles. The van der Waals surface area contributed by atoms with Crippen LogP contribution < -0.4 is 9.80 Å². The van der Waals surface area contributed by atoms with Gasteiger partial charge in [0.05, 0.1) is 17.1 Å². The van der Waals surface area contributed by atoms with Crippen molar-refractivity contribution < 1.29 is 0 Å². The highest BCUT2D eigenvalue weighted by Crippen LogP contribution is 2.48. The van der Waals surface area contributed by atoms with Crippen LogP contribution in [0.5, 0.6) is 0 Å². The fourth-order valence-electron chi connectivity index (χ4n) is 8.97. The van der Waals surface area contributed by atoms with Crippen molar-refractivity contribution in [2.24, 2.45) is 0 Å². The molecule has 0 saturated heterocycles. The molecule has 0 amide bonds. The SMILES string of the molecule is c1ccc(-c2ccc(N(c3ccccc3)c3cc4c5ccccc5c(N(c5ccc(-c6ccccc6)cc5)c5cccc6ccccc56)cc4c4ccccc34)cc2)cc1. The molecule has 11 rings (SSSR count). The minimum atomic E-state index is 1.10. The van der Waals surface area contributed by atoms with E-state index in [0.717, 1.165) is 34.1 Å². The predicted molar refractivity (Wildman–Crippen MR) is 257 cm³/mol. The van der Waals surface area contributed by atoms with Gasteiger partial charge in [0.1, 0.15) is 0 Å². The van der Waals surface area contributed by atoms with E-state index in [-0.39, 0.29) is 0 Å². The van der Waals surface area contributed by atoms with Gasteiger partial charge < -0.3 is 9.80 Å². The average Bonchev–Trinajstić information content (AvgIpc) is 3.33. The fraction of sp³-hybridized carbons (Fsp3) is 0. The van der Waals surface area contributed by atoms with Crippen LogP contribution in [-0.2, 0) is 0 Å². The summed E-state index contributed by atoms with van der Waals surface area (Å²) in [6, 6.07) is 88.0. The summed E-state index contributed by atoms with van der Waals surface area (Å²) < 4.78 is 0. The van der Waals surface area contributed by atoms with Gasteiger partial charge in [-0.15, -0.1) is 0 Å². The highest BCUT2D eigenvalue weighted by atomic mass is 15.2. The molecule has 60 heavy (non-hydrogen) atoms. The predicted octanol–water partition coefficient (Wildman–Crippen LogP) is 16.6. The summed E-state index contributed by atoms with van der Waals surface area (Å²) >= 11 is 0. The number of nitrogens with zero attached hydrogens (tertiary/aromatic N) is 2. The molecule has 0 atom stereocenters. The summed E-state index contributed by atoms with van der Waals surface area (Å²) in [7, 11) is 0. The third kappa shape index (κ3) is 6.23. The Morgan fingerprint density at radius 1 is 0.200 bits per heavy atom. The second kappa shape index (κ2) is 15.1. The van der Waals surface area contributed by atoms with Crippen LogP contribution in [0.1, 0.15) is 0 Å². The van der Waals surface area contributed by atoms with Crippen LogP contribution in [0.3, 0.4) is 0 Å². The van der Waals surface area contributed by atoms with E-state index in [0.29, 0.717) is 0 Å².